The molecule has 76 valence electrons. The van der Waals surface area contributed by atoms with Crippen molar-refractivity contribution in [2.75, 3.05) is 13.1 Å². The molecule has 0 amide bonds. The van der Waals surface area contributed by atoms with Gasteiger partial charge < -0.3 is 10.4 Å². The van der Waals surface area contributed by atoms with Crippen molar-refractivity contribution in [2.24, 2.45) is 11.8 Å². The van der Waals surface area contributed by atoms with E-state index in [4.69, 9.17) is 0 Å². The molecule has 0 spiro atoms. The van der Waals surface area contributed by atoms with Crippen LogP contribution in [0, 0.1) is 11.8 Å². The summed E-state index contributed by atoms with van der Waals surface area (Å²) < 4.78 is 0. The highest BCUT2D eigenvalue weighted by Gasteiger charge is 2.25. The molecule has 2 N–H and O–H groups in total. The summed E-state index contributed by atoms with van der Waals surface area (Å²) in [5, 5.41) is 13.1. The molecule has 2 atom stereocenters. The van der Waals surface area contributed by atoms with Gasteiger partial charge in [-0.1, -0.05) is 25.7 Å². The third-order valence-corrected chi connectivity index (χ3v) is 3.74. The van der Waals surface area contributed by atoms with Crippen LogP contribution in [0.15, 0.2) is 0 Å². The van der Waals surface area contributed by atoms with Crippen LogP contribution in [0.3, 0.4) is 0 Å². The van der Waals surface area contributed by atoms with Crippen molar-refractivity contribution in [1.82, 2.24) is 5.32 Å². The average Bonchev–Trinajstić information content (AvgIpc) is 2.05. The zero-order chi connectivity index (χ0) is 9.10. The second-order valence-electron chi connectivity index (χ2n) is 4.69. The summed E-state index contributed by atoms with van der Waals surface area (Å²) in [7, 11) is 0. The van der Waals surface area contributed by atoms with E-state index in [1.165, 1.54) is 32.1 Å². The van der Waals surface area contributed by atoms with Crippen LogP contribution >= 0.6 is 0 Å². The van der Waals surface area contributed by atoms with E-state index in [9.17, 15) is 5.11 Å². The van der Waals surface area contributed by atoms with Gasteiger partial charge in [0.05, 0.1) is 6.10 Å². The summed E-state index contributed by atoms with van der Waals surface area (Å²) in [6.07, 6.45) is 7.83. The van der Waals surface area contributed by atoms with Gasteiger partial charge in [-0.2, -0.15) is 0 Å². The Balaban J connectivity index is 1.66. The first kappa shape index (κ1) is 9.47. The number of rotatable bonds is 3. The molecule has 2 nitrogen and oxygen atoms in total. The zero-order valence-electron chi connectivity index (χ0n) is 8.34. The van der Waals surface area contributed by atoms with Crippen molar-refractivity contribution in [3.05, 3.63) is 0 Å². The number of aliphatic hydroxyl groups excluding tert-OH is 1. The van der Waals surface area contributed by atoms with Gasteiger partial charge in [0.1, 0.15) is 0 Å². The lowest BCUT2D eigenvalue weighted by atomic mass is 9.79. The molecule has 1 saturated heterocycles. The van der Waals surface area contributed by atoms with E-state index in [-0.39, 0.29) is 6.10 Å². The van der Waals surface area contributed by atoms with Crippen LogP contribution in [0.2, 0.25) is 0 Å². The van der Waals surface area contributed by atoms with Gasteiger partial charge in [0.15, 0.2) is 0 Å². The first-order valence-corrected chi connectivity index (χ1v) is 5.75. The van der Waals surface area contributed by atoms with E-state index >= 15 is 0 Å². The summed E-state index contributed by atoms with van der Waals surface area (Å²) in [5.74, 6) is 1.53. The molecule has 2 aliphatic rings. The fraction of sp³-hybridized carbons (Fsp3) is 1.00. The molecule has 1 aliphatic carbocycles. The van der Waals surface area contributed by atoms with Crippen LogP contribution in [-0.4, -0.2) is 24.3 Å². The Morgan fingerprint density at radius 2 is 2.00 bits per heavy atom. The molecule has 0 aromatic carbocycles. The van der Waals surface area contributed by atoms with Crippen LogP contribution < -0.4 is 5.32 Å². The van der Waals surface area contributed by atoms with Crippen molar-refractivity contribution in [3.63, 3.8) is 0 Å². The van der Waals surface area contributed by atoms with Gasteiger partial charge in [-0.05, 0) is 31.2 Å². The second-order valence-corrected chi connectivity index (χ2v) is 4.69. The predicted octanol–water partition coefficient (Wildman–Crippen LogP) is 1.54. The maximum Gasteiger partial charge on any atom is 0.0592 e. The molecule has 0 radical (unpaired) electrons. The van der Waals surface area contributed by atoms with Crippen LogP contribution in [0.1, 0.15) is 38.5 Å². The average molecular weight is 183 g/mol. The molecule has 1 heterocycles. The van der Waals surface area contributed by atoms with Gasteiger partial charge in [-0.3, -0.25) is 0 Å². The highest BCUT2D eigenvalue weighted by Crippen LogP contribution is 2.32. The lowest BCUT2D eigenvalue weighted by Crippen LogP contribution is -2.40. The molecule has 13 heavy (non-hydrogen) atoms. The molecule has 2 fully saturated rings. The molecule has 0 aromatic rings. The standard InChI is InChI=1S/C11H21NO/c13-11-6-7-12-8-10(11)5-4-9-2-1-3-9/h9-13H,1-8H2. The smallest absolute Gasteiger partial charge is 0.0592 e. The molecular formula is C11H21NO. The van der Waals surface area contributed by atoms with Gasteiger partial charge >= 0.3 is 0 Å². The summed E-state index contributed by atoms with van der Waals surface area (Å²) in [6.45, 7) is 2.04. The van der Waals surface area contributed by atoms with Crippen LogP contribution in [-0.2, 0) is 0 Å². The summed E-state index contributed by atoms with van der Waals surface area (Å²) in [4.78, 5) is 0. The van der Waals surface area contributed by atoms with Crippen molar-refractivity contribution in [3.8, 4) is 0 Å². The topological polar surface area (TPSA) is 32.3 Å². The first-order valence-electron chi connectivity index (χ1n) is 5.75. The number of aliphatic hydroxyl groups is 1. The maximum absolute atomic E-state index is 9.73. The van der Waals surface area contributed by atoms with Gasteiger partial charge in [0, 0.05) is 6.54 Å². The monoisotopic (exact) mass is 183 g/mol. The maximum atomic E-state index is 9.73. The Kier molecular flexibility index (Phi) is 3.23. The highest BCUT2D eigenvalue weighted by atomic mass is 16.3. The minimum atomic E-state index is -0.0265. The summed E-state index contributed by atoms with van der Waals surface area (Å²) in [5.41, 5.74) is 0. The normalized spacial score (nSPS) is 35.8. The number of hydrogen-bond donors (Lipinski definition) is 2. The molecule has 2 unspecified atom stereocenters. The molecule has 0 aromatic heterocycles. The SMILES string of the molecule is OC1CCNCC1CCC1CCC1. The van der Waals surface area contributed by atoms with E-state index in [0.717, 1.165) is 25.4 Å². The molecule has 2 heteroatoms. The Hall–Kier alpha value is -0.0800. The number of hydrogen-bond acceptors (Lipinski definition) is 2. The highest BCUT2D eigenvalue weighted by molar-refractivity contribution is 4.79. The molecule has 1 saturated carbocycles. The van der Waals surface area contributed by atoms with E-state index in [1.807, 2.05) is 0 Å². The molecule has 0 bridgehead atoms. The fourth-order valence-electron chi connectivity index (χ4n) is 2.43. The van der Waals surface area contributed by atoms with Gasteiger partial charge in [-0.15, -0.1) is 0 Å². The fourth-order valence-corrected chi connectivity index (χ4v) is 2.43. The quantitative estimate of drug-likeness (QED) is 0.695. The minimum absolute atomic E-state index is 0.0265. The largest absolute Gasteiger partial charge is 0.393 e. The summed E-state index contributed by atoms with van der Waals surface area (Å²) in [6, 6.07) is 0. The van der Waals surface area contributed by atoms with Crippen molar-refractivity contribution >= 4 is 0 Å². The van der Waals surface area contributed by atoms with Crippen LogP contribution in [0.4, 0.5) is 0 Å². The van der Waals surface area contributed by atoms with E-state index < -0.39 is 0 Å². The zero-order valence-corrected chi connectivity index (χ0v) is 8.34. The Morgan fingerprint density at radius 3 is 2.62 bits per heavy atom. The van der Waals surface area contributed by atoms with Crippen LogP contribution in [0.25, 0.3) is 0 Å². The Labute approximate surface area is 80.7 Å². The molecular weight excluding hydrogens is 162 g/mol. The van der Waals surface area contributed by atoms with Crippen molar-refractivity contribution < 1.29 is 5.11 Å². The van der Waals surface area contributed by atoms with Crippen LogP contribution in [0.5, 0.6) is 0 Å². The lowest BCUT2D eigenvalue weighted by molar-refractivity contribution is 0.0680. The van der Waals surface area contributed by atoms with Crippen molar-refractivity contribution in [1.29, 1.82) is 0 Å². The lowest BCUT2D eigenvalue weighted by Gasteiger charge is -2.31. The number of nitrogens with one attached hydrogen (secondary N) is 1. The Bertz CT molecular complexity index is 156. The third-order valence-electron chi connectivity index (χ3n) is 3.74. The van der Waals surface area contributed by atoms with Gasteiger partial charge in [0.2, 0.25) is 0 Å². The second kappa shape index (κ2) is 4.43. The van der Waals surface area contributed by atoms with Crippen molar-refractivity contribution in [2.45, 2.75) is 44.6 Å². The third kappa shape index (κ3) is 2.44. The summed E-state index contributed by atoms with van der Waals surface area (Å²) >= 11 is 0. The number of piperidine rings is 1. The predicted molar refractivity (Wildman–Crippen MR) is 53.6 cm³/mol. The van der Waals surface area contributed by atoms with E-state index in [0.29, 0.717) is 5.92 Å². The molecule has 1 aliphatic heterocycles. The van der Waals surface area contributed by atoms with E-state index in [2.05, 4.69) is 5.32 Å². The van der Waals surface area contributed by atoms with Gasteiger partial charge in [-0.25, -0.2) is 0 Å². The molecule has 2 rings (SSSR count). The first-order chi connectivity index (χ1) is 6.36. The van der Waals surface area contributed by atoms with Gasteiger partial charge in [0.25, 0.3) is 0 Å². The van der Waals surface area contributed by atoms with E-state index in [1.54, 1.807) is 0 Å². The minimum Gasteiger partial charge on any atom is -0.393 e. The Morgan fingerprint density at radius 1 is 1.15 bits per heavy atom.